The molecular formula is C16H30NO7+. The molecule has 8 nitrogen and oxygen atoms in total. The van der Waals surface area contributed by atoms with E-state index in [1.807, 2.05) is 21.1 Å². The number of likely N-dealkylation sites (N-methyl/N-ethyl adjacent to an activating group) is 1. The van der Waals surface area contributed by atoms with Gasteiger partial charge >= 0.3 is 17.9 Å². The minimum atomic E-state index is -1.24. The molecule has 0 aliphatic rings. The highest BCUT2D eigenvalue weighted by atomic mass is 16.6. The number of rotatable bonds is 10. The molecule has 0 bridgehead atoms. The van der Waals surface area contributed by atoms with Crippen LogP contribution in [0.1, 0.15) is 40.0 Å². The van der Waals surface area contributed by atoms with Crippen molar-refractivity contribution >= 4 is 17.9 Å². The van der Waals surface area contributed by atoms with E-state index in [9.17, 15) is 19.5 Å². The van der Waals surface area contributed by atoms with Gasteiger partial charge in [-0.2, -0.15) is 0 Å². The number of carbonyl (C=O) groups is 3. The Morgan fingerprint density at radius 1 is 1.17 bits per heavy atom. The van der Waals surface area contributed by atoms with Gasteiger partial charge in [-0.1, -0.05) is 6.92 Å². The van der Waals surface area contributed by atoms with Gasteiger partial charge in [-0.25, -0.2) is 4.79 Å². The summed E-state index contributed by atoms with van der Waals surface area (Å²) in [6, 6.07) is 0. The van der Waals surface area contributed by atoms with Crippen molar-refractivity contribution in [3.63, 3.8) is 0 Å². The van der Waals surface area contributed by atoms with E-state index < -0.39 is 35.7 Å². The fourth-order valence-corrected chi connectivity index (χ4v) is 2.07. The molecule has 8 heteroatoms. The molecule has 0 amide bonds. The van der Waals surface area contributed by atoms with E-state index in [1.165, 1.54) is 13.8 Å². The summed E-state index contributed by atoms with van der Waals surface area (Å²) in [6.07, 6.45) is -2.33. The Bertz CT molecular complexity index is 454. The predicted molar refractivity (Wildman–Crippen MR) is 86.1 cm³/mol. The topological polar surface area (TPSA) is 110 Å². The third-order valence-corrected chi connectivity index (χ3v) is 3.06. The second kappa shape index (κ2) is 8.98. The fraction of sp³-hybridized carbons (Fsp3) is 0.812. The van der Waals surface area contributed by atoms with Crippen molar-refractivity contribution < 1.29 is 38.6 Å². The quantitative estimate of drug-likeness (QED) is 0.438. The van der Waals surface area contributed by atoms with Gasteiger partial charge in [0.25, 0.3) is 0 Å². The van der Waals surface area contributed by atoms with Crippen LogP contribution < -0.4 is 0 Å². The molecule has 2 N–H and O–H groups in total. The Balaban J connectivity index is 4.75. The second-order valence-corrected chi connectivity index (χ2v) is 7.46. The molecule has 0 aromatic rings. The Labute approximate surface area is 142 Å². The Hall–Kier alpha value is -1.67. The number of nitrogens with zero attached hydrogens (tertiary/aromatic N) is 1. The molecule has 0 saturated carbocycles. The van der Waals surface area contributed by atoms with Gasteiger partial charge in [-0.05, 0) is 20.3 Å². The molecular weight excluding hydrogens is 318 g/mol. The molecule has 0 radical (unpaired) electrons. The number of esters is 2. The average molecular weight is 348 g/mol. The van der Waals surface area contributed by atoms with Gasteiger partial charge in [0, 0.05) is 0 Å². The number of aliphatic hydroxyl groups is 1. The summed E-state index contributed by atoms with van der Waals surface area (Å²) in [7, 11) is 5.58. The number of carboxylic acid groups (broad SMARTS) is 1. The number of hydrogen-bond donors (Lipinski definition) is 2. The first-order valence-electron chi connectivity index (χ1n) is 7.88. The smallest absolute Gasteiger partial charge is 0.335 e. The first kappa shape index (κ1) is 22.3. The normalized spacial score (nSPS) is 14.6. The van der Waals surface area contributed by atoms with Crippen molar-refractivity contribution in [3.8, 4) is 0 Å². The van der Waals surface area contributed by atoms with Crippen molar-refractivity contribution in [2.75, 3.05) is 27.7 Å². The van der Waals surface area contributed by atoms with E-state index in [0.717, 1.165) is 0 Å². The predicted octanol–water partition coefficient (Wildman–Crippen LogP) is 0.562. The molecule has 0 rings (SSSR count). The maximum Gasteiger partial charge on any atom is 0.335 e. The summed E-state index contributed by atoms with van der Waals surface area (Å²) in [5, 5.41) is 18.4. The second-order valence-electron chi connectivity index (χ2n) is 7.46. The van der Waals surface area contributed by atoms with Crippen LogP contribution in [0.25, 0.3) is 0 Å². The highest BCUT2D eigenvalue weighted by Crippen LogP contribution is 2.18. The van der Waals surface area contributed by atoms with Gasteiger partial charge in [0.05, 0.1) is 34.0 Å². The molecule has 0 saturated heterocycles. The van der Waals surface area contributed by atoms with Crippen LogP contribution in [0.3, 0.4) is 0 Å². The summed E-state index contributed by atoms with van der Waals surface area (Å²) in [5.74, 6) is -2.51. The summed E-state index contributed by atoms with van der Waals surface area (Å²) < 4.78 is 10.8. The summed E-state index contributed by atoms with van der Waals surface area (Å²) in [5.41, 5.74) is -1.16. The first-order valence-corrected chi connectivity index (χ1v) is 7.88. The highest BCUT2D eigenvalue weighted by molar-refractivity contribution is 5.76. The molecule has 0 aliphatic heterocycles. The van der Waals surface area contributed by atoms with E-state index in [4.69, 9.17) is 14.6 Å². The molecule has 140 valence electrons. The minimum absolute atomic E-state index is 0.212. The van der Waals surface area contributed by atoms with Crippen LogP contribution in [0.15, 0.2) is 0 Å². The van der Waals surface area contributed by atoms with Crippen molar-refractivity contribution in [1.29, 1.82) is 0 Å². The highest BCUT2D eigenvalue weighted by Gasteiger charge is 2.32. The van der Waals surface area contributed by atoms with Crippen LogP contribution in [-0.4, -0.2) is 78.1 Å². The molecule has 0 heterocycles. The van der Waals surface area contributed by atoms with Gasteiger partial charge in [-0.3, -0.25) is 9.59 Å². The standard InChI is InChI=1S/C16H29NO7/c1-7-12(18)15(22)24-16(2,3)9-14(21)23-11(8-13(19)20)10-17(4,5)6/h11-12,18H,7-10H2,1-6H3/p+1. The third-order valence-electron chi connectivity index (χ3n) is 3.06. The van der Waals surface area contributed by atoms with Crippen molar-refractivity contribution in [2.45, 2.75) is 57.8 Å². The van der Waals surface area contributed by atoms with Gasteiger partial charge in [0.15, 0.2) is 12.2 Å². The molecule has 24 heavy (non-hydrogen) atoms. The monoisotopic (exact) mass is 348 g/mol. The Morgan fingerprint density at radius 3 is 2.12 bits per heavy atom. The Morgan fingerprint density at radius 2 is 1.71 bits per heavy atom. The summed E-state index contributed by atoms with van der Waals surface area (Å²) >= 11 is 0. The number of aliphatic hydroxyl groups excluding tert-OH is 1. The molecule has 0 fully saturated rings. The first-order chi connectivity index (χ1) is 10.8. The number of carbonyl (C=O) groups excluding carboxylic acids is 2. The molecule has 0 aromatic carbocycles. The molecule has 0 aliphatic carbocycles. The van der Waals surface area contributed by atoms with Crippen molar-refractivity contribution in [3.05, 3.63) is 0 Å². The molecule has 2 unspecified atom stereocenters. The van der Waals surface area contributed by atoms with Crippen molar-refractivity contribution in [1.82, 2.24) is 0 Å². The third kappa shape index (κ3) is 10.2. The average Bonchev–Trinajstić information content (AvgIpc) is 2.32. The lowest BCUT2D eigenvalue weighted by Gasteiger charge is -2.30. The van der Waals surface area contributed by atoms with Gasteiger partial charge in [0.1, 0.15) is 12.1 Å². The molecule has 2 atom stereocenters. The van der Waals surface area contributed by atoms with E-state index >= 15 is 0 Å². The van der Waals surface area contributed by atoms with Crippen LogP contribution in [0.5, 0.6) is 0 Å². The zero-order valence-corrected chi connectivity index (χ0v) is 15.4. The van der Waals surface area contributed by atoms with E-state index in [2.05, 4.69) is 0 Å². The van der Waals surface area contributed by atoms with Crippen LogP contribution in [0.2, 0.25) is 0 Å². The maximum atomic E-state index is 12.1. The summed E-state index contributed by atoms with van der Waals surface area (Å²) in [6.45, 7) is 5.03. The fourth-order valence-electron chi connectivity index (χ4n) is 2.07. The van der Waals surface area contributed by atoms with Gasteiger partial charge in [-0.15, -0.1) is 0 Å². The van der Waals surface area contributed by atoms with Gasteiger partial charge in [0.2, 0.25) is 0 Å². The SMILES string of the molecule is CCC(O)C(=O)OC(C)(C)CC(=O)OC(CC(=O)O)C[N+](C)(C)C. The molecule has 0 aromatic heterocycles. The van der Waals surface area contributed by atoms with Crippen LogP contribution >= 0.6 is 0 Å². The van der Waals surface area contributed by atoms with Crippen LogP contribution in [-0.2, 0) is 23.9 Å². The van der Waals surface area contributed by atoms with Gasteiger partial charge < -0.3 is 24.2 Å². The Kier molecular flexibility index (Phi) is 8.36. The van der Waals surface area contributed by atoms with Crippen LogP contribution in [0.4, 0.5) is 0 Å². The zero-order chi connectivity index (χ0) is 19.1. The largest absolute Gasteiger partial charge is 0.481 e. The number of ether oxygens (including phenoxy) is 2. The lowest BCUT2D eigenvalue weighted by atomic mass is 10.1. The van der Waals surface area contributed by atoms with E-state index in [-0.39, 0.29) is 19.3 Å². The minimum Gasteiger partial charge on any atom is -0.481 e. The number of hydrogen-bond acceptors (Lipinski definition) is 6. The van der Waals surface area contributed by atoms with E-state index in [1.54, 1.807) is 6.92 Å². The number of carboxylic acids is 1. The maximum absolute atomic E-state index is 12.1. The zero-order valence-electron chi connectivity index (χ0n) is 15.4. The number of aliphatic carboxylic acids is 1. The van der Waals surface area contributed by atoms with Crippen molar-refractivity contribution in [2.24, 2.45) is 0 Å². The summed E-state index contributed by atoms with van der Waals surface area (Å²) in [4.78, 5) is 34.6. The van der Waals surface area contributed by atoms with Crippen LogP contribution in [0, 0.1) is 0 Å². The molecule has 0 spiro atoms. The number of quaternary nitrogens is 1. The van der Waals surface area contributed by atoms with E-state index in [0.29, 0.717) is 11.0 Å². The lowest BCUT2D eigenvalue weighted by molar-refractivity contribution is -0.873. The lowest BCUT2D eigenvalue weighted by Crippen LogP contribution is -2.44.